The number of ether oxygens (including phenoxy) is 5. The number of sulfonamides is 1. The highest BCUT2D eigenvalue weighted by Crippen LogP contribution is 2.47. The molecule has 2 atom stereocenters. The van der Waals surface area contributed by atoms with Crippen molar-refractivity contribution < 1.29 is 36.9 Å². The fraction of sp³-hybridized carbons (Fsp3) is 0.333. The van der Waals surface area contributed by atoms with Crippen LogP contribution in [-0.2, 0) is 14.8 Å². The summed E-state index contributed by atoms with van der Waals surface area (Å²) in [6, 6.07) is 17.4. The Hall–Kier alpha value is -4.39. The van der Waals surface area contributed by atoms with Gasteiger partial charge in [0.05, 0.1) is 29.9 Å². The summed E-state index contributed by atoms with van der Waals surface area (Å²) in [6.07, 6.45) is 4.74. The van der Waals surface area contributed by atoms with Gasteiger partial charge in [0.1, 0.15) is 0 Å². The van der Waals surface area contributed by atoms with Crippen molar-refractivity contribution in [3.05, 3.63) is 82.9 Å². The van der Waals surface area contributed by atoms with Crippen LogP contribution in [0.15, 0.2) is 76.2 Å². The fourth-order valence-electron chi connectivity index (χ4n) is 6.64. The average molecular weight is 630 g/mol. The first-order valence-corrected chi connectivity index (χ1v) is 16.5. The number of nitrogens with zero attached hydrogens (tertiary/aromatic N) is 3. The molecule has 3 aromatic rings. The smallest absolute Gasteiger partial charge is 0.274 e. The van der Waals surface area contributed by atoms with Crippen molar-refractivity contribution in [1.29, 1.82) is 0 Å². The van der Waals surface area contributed by atoms with Crippen LogP contribution in [0.3, 0.4) is 0 Å². The number of amides is 1. The largest absolute Gasteiger partial charge is 0.454 e. The first kappa shape index (κ1) is 28.1. The van der Waals surface area contributed by atoms with Crippen LogP contribution < -0.4 is 18.9 Å². The molecular weight excluding hydrogens is 598 g/mol. The van der Waals surface area contributed by atoms with Crippen molar-refractivity contribution in [2.75, 3.05) is 39.9 Å². The van der Waals surface area contributed by atoms with Crippen molar-refractivity contribution in [3.63, 3.8) is 0 Å². The number of hydrogen-bond donors (Lipinski definition) is 0. The Balaban J connectivity index is 1.14. The second-order valence-corrected chi connectivity index (χ2v) is 13.5. The maximum absolute atomic E-state index is 14.2. The zero-order valence-corrected chi connectivity index (χ0v) is 25.2. The maximum atomic E-state index is 14.2. The third kappa shape index (κ3) is 5.02. The van der Waals surface area contributed by atoms with E-state index < -0.39 is 10.0 Å². The topological polar surface area (TPSA) is 116 Å². The molecule has 3 aromatic carbocycles. The summed E-state index contributed by atoms with van der Waals surface area (Å²) in [5.74, 6) is 2.39. The van der Waals surface area contributed by atoms with Crippen molar-refractivity contribution in [1.82, 2.24) is 9.31 Å². The number of rotatable bonds is 5. The Labute approximate surface area is 260 Å². The van der Waals surface area contributed by atoms with Gasteiger partial charge in [0.2, 0.25) is 23.6 Å². The van der Waals surface area contributed by atoms with Gasteiger partial charge in [-0.2, -0.15) is 9.41 Å². The quantitative estimate of drug-likeness (QED) is 0.402. The van der Waals surface area contributed by atoms with E-state index in [4.69, 9.17) is 28.8 Å². The summed E-state index contributed by atoms with van der Waals surface area (Å²) in [6.45, 7) is 1.68. The predicted octanol–water partition coefficient (Wildman–Crippen LogP) is 4.60. The second-order valence-electron chi connectivity index (χ2n) is 11.5. The van der Waals surface area contributed by atoms with E-state index in [1.165, 1.54) is 16.4 Å². The lowest BCUT2D eigenvalue weighted by molar-refractivity contribution is 0.0680. The highest BCUT2D eigenvalue weighted by atomic mass is 32.2. The molecule has 232 valence electrons. The molecule has 0 aromatic heterocycles. The van der Waals surface area contributed by atoms with E-state index in [0.717, 1.165) is 47.4 Å². The molecule has 1 saturated carbocycles. The van der Waals surface area contributed by atoms with E-state index in [0.29, 0.717) is 49.1 Å². The number of fused-ring (bicyclic) bond motifs is 3. The molecule has 4 aliphatic heterocycles. The third-order valence-corrected chi connectivity index (χ3v) is 10.8. The van der Waals surface area contributed by atoms with Crippen LogP contribution in [0, 0.1) is 5.92 Å². The Morgan fingerprint density at radius 3 is 2.29 bits per heavy atom. The lowest BCUT2D eigenvalue weighted by Crippen LogP contribution is -2.40. The first-order chi connectivity index (χ1) is 22.0. The van der Waals surface area contributed by atoms with E-state index in [9.17, 15) is 13.2 Å². The molecule has 0 bridgehead atoms. The number of allylic oxidation sites excluding steroid dienone is 1. The molecule has 4 heterocycles. The van der Waals surface area contributed by atoms with Crippen LogP contribution in [0.2, 0.25) is 0 Å². The third-order valence-electron chi connectivity index (χ3n) is 8.89. The van der Waals surface area contributed by atoms with Crippen molar-refractivity contribution in [3.8, 4) is 23.0 Å². The van der Waals surface area contributed by atoms with Crippen LogP contribution >= 0.6 is 0 Å². The zero-order valence-electron chi connectivity index (χ0n) is 24.4. The van der Waals surface area contributed by atoms with E-state index in [1.807, 2.05) is 36.4 Å². The number of morpholine rings is 1. The Morgan fingerprint density at radius 1 is 0.844 bits per heavy atom. The monoisotopic (exact) mass is 629 g/mol. The Kier molecular flexibility index (Phi) is 7.00. The van der Waals surface area contributed by atoms with Gasteiger partial charge in [-0.15, -0.1) is 0 Å². The van der Waals surface area contributed by atoms with E-state index in [2.05, 4.69) is 6.08 Å². The van der Waals surface area contributed by atoms with Crippen LogP contribution in [0.5, 0.6) is 23.0 Å². The molecule has 12 heteroatoms. The van der Waals surface area contributed by atoms with Gasteiger partial charge in [-0.05, 0) is 90.6 Å². The summed E-state index contributed by atoms with van der Waals surface area (Å²) >= 11 is 0. The van der Waals surface area contributed by atoms with Crippen molar-refractivity contribution in [2.24, 2.45) is 11.0 Å². The van der Waals surface area contributed by atoms with Gasteiger partial charge in [-0.3, -0.25) is 4.79 Å². The maximum Gasteiger partial charge on any atom is 0.274 e. The highest BCUT2D eigenvalue weighted by Gasteiger charge is 2.44. The molecule has 0 N–H and O–H groups in total. The molecule has 8 rings (SSSR count). The zero-order chi connectivity index (χ0) is 30.5. The van der Waals surface area contributed by atoms with Gasteiger partial charge in [0.25, 0.3) is 5.91 Å². The number of hydrogen-bond acceptors (Lipinski definition) is 9. The summed E-state index contributed by atoms with van der Waals surface area (Å²) < 4.78 is 55.4. The Bertz CT molecular complexity index is 1830. The lowest BCUT2D eigenvalue weighted by Gasteiger charge is -2.30. The second kappa shape index (κ2) is 11.2. The fourth-order valence-corrected chi connectivity index (χ4v) is 8.05. The molecule has 11 nitrogen and oxygen atoms in total. The summed E-state index contributed by atoms with van der Waals surface area (Å²) in [5.41, 5.74) is 4.16. The molecule has 1 aliphatic carbocycles. The molecule has 0 radical (unpaired) electrons. The standard InChI is InChI=1S/C33H31N3O8S/c37-33(22-5-8-25(9-6-22)45(38,39)35-12-14-40-15-13-35)36-32(24-7-11-28-30(18-24)44-20-42-28)26-3-1-2-23(31(26)34-36)16-21-4-10-27-29(17-21)43-19-41-27/h4-11,16-18,26,32H,1-3,12-15,19-20H2/b23-16-/t26-,32+/m0/s1. The van der Waals surface area contributed by atoms with Crippen LogP contribution in [0.25, 0.3) is 6.08 Å². The normalized spacial score (nSPS) is 23.2. The minimum absolute atomic E-state index is 0.0377. The molecule has 0 unspecified atom stereocenters. The molecule has 2 fully saturated rings. The minimum atomic E-state index is -3.69. The molecule has 45 heavy (non-hydrogen) atoms. The molecular formula is C33H31N3O8S. The average Bonchev–Trinajstić information content (AvgIpc) is 3.83. The van der Waals surface area contributed by atoms with Gasteiger partial charge < -0.3 is 23.7 Å². The predicted molar refractivity (Wildman–Crippen MR) is 163 cm³/mol. The van der Waals surface area contributed by atoms with Crippen molar-refractivity contribution in [2.45, 2.75) is 30.2 Å². The summed E-state index contributed by atoms with van der Waals surface area (Å²) in [4.78, 5) is 14.3. The van der Waals surface area contributed by atoms with Gasteiger partial charge in [-0.1, -0.05) is 12.1 Å². The van der Waals surface area contributed by atoms with Gasteiger partial charge in [0.15, 0.2) is 23.0 Å². The van der Waals surface area contributed by atoms with Crippen LogP contribution in [0.1, 0.15) is 46.8 Å². The number of carbonyl (C=O) groups is 1. The first-order valence-electron chi connectivity index (χ1n) is 15.1. The highest BCUT2D eigenvalue weighted by molar-refractivity contribution is 7.89. The van der Waals surface area contributed by atoms with Crippen LogP contribution in [0.4, 0.5) is 0 Å². The number of carbonyl (C=O) groups excluding carboxylic acids is 1. The minimum Gasteiger partial charge on any atom is -0.454 e. The number of benzene rings is 3. The van der Waals surface area contributed by atoms with Crippen molar-refractivity contribution >= 4 is 27.7 Å². The van der Waals surface area contributed by atoms with E-state index in [1.54, 1.807) is 17.1 Å². The van der Waals surface area contributed by atoms with Gasteiger partial charge in [-0.25, -0.2) is 13.4 Å². The Morgan fingerprint density at radius 2 is 1.53 bits per heavy atom. The molecule has 1 saturated heterocycles. The number of hydrazone groups is 1. The lowest BCUT2D eigenvalue weighted by atomic mass is 9.77. The molecule has 0 spiro atoms. The SMILES string of the molecule is O=C(c1ccc(S(=O)(=O)N2CCOCC2)cc1)N1N=C2/C(=C\c3ccc4c(c3)OCO4)CCC[C@@H]2[C@H]1c1ccc2c(c1)OCO2. The van der Waals surface area contributed by atoms with E-state index in [-0.39, 0.29) is 36.3 Å². The molecule has 5 aliphatic rings. The van der Waals surface area contributed by atoms with E-state index >= 15 is 0 Å². The van der Waals surface area contributed by atoms with Gasteiger partial charge in [0, 0.05) is 24.6 Å². The summed E-state index contributed by atoms with van der Waals surface area (Å²) in [7, 11) is -3.69. The van der Waals surface area contributed by atoms with Gasteiger partial charge >= 0.3 is 0 Å². The summed E-state index contributed by atoms with van der Waals surface area (Å²) in [5, 5.41) is 6.55. The van der Waals surface area contributed by atoms with Crippen LogP contribution in [-0.4, -0.2) is 69.2 Å². The molecule has 1 amide bonds.